The summed E-state index contributed by atoms with van der Waals surface area (Å²) in [6.07, 6.45) is 2.67. The normalized spacial score (nSPS) is 28.6. The number of benzene rings is 1. The van der Waals surface area contributed by atoms with Gasteiger partial charge in [0.15, 0.2) is 11.5 Å². The first-order chi connectivity index (χ1) is 9.79. The number of fused-ring (bicyclic) bond motifs is 2. The highest BCUT2D eigenvalue weighted by Crippen LogP contribution is 2.40. The number of ether oxygens (including phenoxy) is 2. The molecule has 0 amide bonds. The van der Waals surface area contributed by atoms with Gasteiger partial charge in [-0.3, -0.25) is 4.90 Å². The number of rotatable bonds is 2. The van der Waals surface area contributed by atoms with E-state index in [1.54, 1.807) is 0 Å². The van der Waals surface area contributed by atoms with Crippen molar-refractivity contribution < 1.29 is 9.47 Å². The quantitative estimate of drug-likeness (QED) is 0.907. The molecule has 1 N–H and O–H groups in total. The largest absolute Gasteiger partial charge is 0.454 e. The zero-order chi connectivity index (χ0) is 13.5. The minimum absolute atomic E-state index is 0.274. The van der Waals surface area contributed by atoms with Crippen LogP contribution in [0.25, 0.3) is 0 Å². The van der Waals surface area contributed by atoms with Crippen LogP contribution in [0.3, 0.4) is 0 Å². The highest BCUT2D eigenvalue weighted by Gasteiger charge is 2.34. The van der Waals surface area contributed by atoms with Crippen LogP contribution in [-0.2, 0) is 6.54 Å². The topological polar surface area (TPSA) is 33.7 Å². The standard InChI is InChI=1S/C15H19ClN2O2/c16-12-4-10(5-14-15(12)20-9-19-14)6-18-7-11-2-1-3-17-13(11)8-18/h4-5,11,13,17H,1-3,6-9H2. The first-order valence-electron chi connectivity index (χ1n) is 7.33. The van der Waals surface area contributed by atoms with Crippen LogP contribution in [0.15, 0.2) is 12.1 Å². The fraction of sp³-hybridized carbons (Fsp3) is 0.600. The van der Waals surface area contributed by atoms with Crippen molar-refractivity contribution in [1.82, 2.24) is 10.2 Å². The van der Waals surface area contributed by atoms with E-state index in [1.165, 1.54) is 31.5 Å². The van der Waals surface area contributed by atoms with Gasteiger partial charge < -0.3 is 14.8 Å². The molecule has 0 radical (unpaired) electrons. The second kappa shape index (κ2) is 5.10. The number of piperidine rings is 1. The Kier molecular flexibility index (Phi) is 3.25. The van der Waals surface area contributed by atoms with Crippen LogP contribution in [0.1, 0.15) is 18.4 Å². The number of nitrogens with one attached hydrogen (secondary N) is 1. The Labute approximate surface area is 124 Å². The molecular formula is C15H19ClN2O2. The summed E-state index contributed by atoms with van der Waals surface area (Å²) in [4.78, 5) is 2.52. The van der Waals surface area contributed by atoms with E-state index in [1.807, 2.05) is 6.07 Å². The zero-order valence-corrected chi connectivity index (χ0v) is 12.2. The molecule has 3 aliphatic rings. The van der Waals surface area contributed by atoms with E-state index < -0.39 is 0 Å². The Bertz CT molecular complexity index is 509. The predicted molar refractivity (Wildman–Crippen MR) is 77.4 cm³/mol. The molecule has 2 saturated heterocycles. The van der Waals surface area contributed by atoms with E-state index in [2.05, 4.69) is 16.3 Å². The van der Waals surface area contributed by atoms with Crippen molar-refractivity contribution in [2.75, 3.05) is 26.4 Å². The Morgan fingerprint density at radius 3 is 3.15 bits per heavy atom. The highest BCUT2D eigenvalue weighted by atomic mass is 35.5. The van der Waals surface area contributed by atoms with Crippen LogP contribution in [0.4, 0.5) is 0 Å². The third-order valence-corrected chi connectivity index (χ3v) is 4.85. The van der Waals surface area contributed by atoms with Gasteiger partial charge in [0, 0.05) is 25.7 Å². The lowest BCUT2D eigenvalue weighted by molar-refractivity contribution is 0.174. The lowest BCUT2D eigenvalue weighted by Gasteiger charge is -2.24. The van der Waals surface area contributed by atoms with E-state index >= 15 is 0 Å². The summed E-state index contributed by atoms with van der Waals surface area (Å²) in [5.74, 6) is 2.28. The molecule has 0 aromatic heterocycles. The molecule has 3 aliphatic heterocycles. The Morgan fingerprint density at radius 1 is 1.30 bits per heavy atom. The summed E-state index contributed by atoms with van der Waals surface area (Å²) in [6.45, 7) is 4.70. The average Bonchev–Trinajstić information content (AvgIpc) is 3.04. The van der Waals surface area contributed by atoms with Gasteiger partial charge in [-0.1, -0.05) is 11.6 Å². The number of hydrogen-bond acceptors (Lipinski definition) is 4. The van der Waals surface area contributed by atoms with E-state index in [0.717, 1.165) is 24.8 Å². The van der Waals surface area contributed by atoms with Crippen molar-refractivity contribution in [3.05, 3.63) is 22.7 Å². The van der Waals surface area contributed by atoms with E-state index in [4.69, 9.17) is 21.1 Å². The van der Waals surface area contributed by atoms with Crippen molar-refractivity contribution >= 4 is 11.6 Å². The second-order valence-electron chi connectivity index (χ2n) is 5.97. The lowest BCUT2D eigenvalue weighted by Crippen LogP contribution is -2.40. The van der Waals surface area contributed by atoms with Crippen LogP contribution >= 0.6 is 11.6 Å². The molecule has 1 aromatic carbocycles. The molecular weight excluding hydrogens is 276 g/mol. The minimum Gasteiger partial charge on any atom is -0.454 e. The number of nitrogens with zero attached hydrogens (tertiary/aromatic N) is 1. The van der Waals surface area contributed by atoms with Gasteiger partial charge in [-0.15, -0.1) is 0 Å². The third-order valence-electron chi connectivity index (χ3n) is 4.57. The molecule has 0 aliphatic carbocycles. The van der Waals surface area contributed by atoms with Crippen LogP contribution in [0, 0.1) is 5.92 Å². The van der Waals surface area contributed by atoms with Gasteiger partial charge in [-0.2, -0.15) is 0 Å². The molecule has 0 bridgehead atoms. The molecule has 20 heavy (non-hydrogen) atoms. The minimum atomic E-state index is 0.274. The van der Waals surface area contributed by atoms with Gasteiger partial charge in [-0.05, 0) is 43.0 Å². The number of likely N-dealkylation sites (tertiary alicyclic amines) is 1. The number of hydrogen-bond donors (Lipinski definition) is 1. The molecule has 2 atom stereocenters. The molecule has 3 heterocycles. The fourth-order valence-corrected chi connectivity index (χ4v) is 3.92. The third kappa shape index (κ3) is 2.26. The van der Waals surface area contributed by atoms with Gasteiger partial charge in [0.25, 0.3) is 0 Å². The van der Waals surface area contributed by atoms with Gasteiger partial charge in [0.2, 0.25) is 6.79 Å². The molecule has 2 unspecified atom stereocenters. The molecule has 2 fully saturated rings. The molecule has 108 valence electrons. The molecule has 5 heteroatoms. The smallest absolute Gasteiger partial charge is 0.231 e. The van der Waals surface area contributed by atoms with E-state index in [-0.39, 0.29) is 6.79 Å². The van der Waals surface area contributed by atoms with Gasteiger partial charge in [0.05, 0.1) is 5.02 Å². The molecule has 4 rings (SSSR count). The van der Waals surface area contributed by atoms with Crippen molar-refractivity contribution in [2.24, 2.45) is 5.92 Å². The fourth-order valence-electron chi connectivity index (χ4n) is 3.64. The monoisotopic (exact) mass is 294 g/mol. The Hall–Kier alpha value is -0.970. The second-order valence-corrected chi connectivity index (χ2v) is 6.38. The lowest BCUT2D eigenvalue weighted by atomic mass is 9.94. The first kappa shape index (κ1) is 12.7. The van der Waals surface area contributed by atoms with E-state index in [9.17, 15) is 0 Å². The van der Waals surface area contributed by atoms with Crippen LogP contribution in [0.2, 0.25) is 5.02 Å². The molecule has 0 saturated carbocycles. The number of halogens is 1. The summed E-state index contributed by atoms with van der Waals surface area (Å²) < 4.78 is 10.8. The van der Waals surface area contributed by atoms with Gasteiger partial charge >= 0.3 is 0 Å². The average molecular weight is 295 g/mol. The van der Waals surface area contributed by atoms with Gasteiger partial charge in [-0.25, -0.2) is 0 Å². The molecule has 4 nitrogen and oxygen atoms in total. The summed E-state index contributed by atoms with van der Waals surface area (Å²) >= 11 is 6.25. The SMILES string of the molecule is Clc1cc(CN2CC3CCCNC3C2)cc2c1OCO2. The maximum atomic E-state index is 6.25. The van der Waals surface area contributed by atoms with Crippen LogP contribution < -0.4 is 14.8 Å². The van der Waals surface area contributed by atoms with Crippen LogP contribution in [-0.4, -0.2) is 37.4 Å². The van der Waals surface area contributed by atoms with Gasteiger partial charge in [0.1, 0.15) is 0 Å². The van der Waals surface area contributed by atoms with Crippen molar-refractivity contribution in [1.29, 1.82) is 0 Å². The summed E-state index contributed by atoms with van der Waals surface area (Å²) in [5, 5.41) is 4.29. The van der Waals surface area contributed by atoms with Crippen molar-refractivity contribution in [2.45, 2.75) is 25.4 Å². The maximum absolute atomic E-state index is 6.25. The Balaban J connectivity index is 1.48. The first-order valence-corrected chi connectivity index (χ1v) is 7.71. The Morgan fingerprint density at radius 2 is 2.25 bits per heavy atom. The molecule has 1 aromatic rings. The van der Waals surface area contributed by atoms with E-state index in [0.29, 0.717) is 16.8 Å². The van der Waals surface area contributed by atoms with Crippen molar-refractivity contribution in [3.63, 3.8) is 0 Å². The summed E-state index contributed by atoms with van der Waals surface area (Å²) in [5.41, 5.74) is 1.21. The summed E-state index contributed by atoms with van der Waals surface area (Å²) in [6, 6.07) is 4.74. The highest BCUT2D eigenvalue weighted by molar-refractivity contribution is 6.32. The summed E-state index contributed by atoms with van der Waals surface area (Å²) in [7, 11) is 0. The van der Waals surface area contributed by atoms with Crippen LogP contribution in [0.5, 0.6) is 11.5 Å². The van der Waals surface area contributed by atoms with Crippen molar-refractivity contribution in [3.8, 4) is 11.5 Å². The maximum Gasteiger partial charge on any atom is 0.231 e. The predicted octanol–water partition coefficient (Wildman–Crippen LogP) is 2.25. The zero-order valence-electron chi connectivity index (χ0n) is 11.4. The molecule has 0 spiro atoms.